The number of carbonyl (C=O) groups excluding carboxylic acids is 1. The Morgan fingerprint density at radius 3 is 2.63 bits per heavy atom. The van der Waals surface area contributed by atoms with Gasteiger partial charge in [0.15, 0.2) is 5.82 Å². The van der Waals surface area contributed by atoms with E-state index in [0.29, 0.717) is 17.8 Å². The molecule has 1 fully saturated rings. The van der Waals surface area contributed by atoms with Crippen LogP contribution in [0.1, 0.15) is 24.8 Å². The zero-order valence-electron chi connectivity index (χ0n) is 15.1. The lowest BCUT2D eigenvalue weighted by Crippen LogP contribution is -2.41. The van der Waals surface area contributed by atoms with E-state index in [1.807, 2.05) is 55.5 Å². The van der Waals surface area contributed by atoms with Crippen LogP contribution < -0.4 is 16.0 Å². The van der Waals surface area contributed by atoms with Crippen LogP contribution in [-0.4, -0.2) is 27.3 Å². The minimum absolute atomic E-state index is 0.166. The normalized spacial score (nSPS) is 13.7. The van der Waals surface area contributed by atoms with Gasteiger partial charge in [-0.3, -0.25) is 5.10 Å². The average Bonchev–Trinajstić information content (AvgIpc) is 3.07. The summed E-state index contributed by atoms with van der Waals surface area (Å²) in [5.41, 5.74) is 3.54. The molecule has 0 radical (unpaired) electrons. The maximum Gasteiger partial charge on any atom is 0.319 e. The summed E-state index contributed by atoms with van der Waals surface area (Å²) < 4.78 is 0. The van der Waals surface area contributed by atoms with Gasteiger partial charge in [0.05, 0.1) is 0 Å². The number of carbonyl (C=O) groups is 1. The molecule has 0 spiro atoms. The van der Waals surface area contributed by atoms with E-state index in [2.05, 4.69) is 31.1 Å². The molecule has 0 aliphatic heterocycles. The molecule has 0 unspecified atom stereocenters. The predicted molar refractivity (Wildman–Crippen MR) is 106 cm³/mol. The van der Waals surface area contributed by atoms with Crippen molar-refractivity contribution in [1.82, 2.24) is 20.5 Å². The molecule has 3 aromatic rings. The average molecular weight is 362 g/mol. The Hall–Kier alpha value is -3.35. The Bertz CT molecular complexity index is 933. The summed E-state index contributed by atoms with van der Waals surface area (Å²) in [4.78, 5) is 16.6. The van der Waals surface area contributed by atoms with Crippen LogP contribution in [0.5, 0.6) is 0 Å². The second-order valence-corrected chi connectivity index (χ2v) is 6.81. The molecule has 1 aliphatic rings. The van der Waals surface area contributed by atoms with Gasteiger partial charge in [-0.05, 0) is 49.9 Å². The van der Waals surface area contributed by atoms with Gasteiger partial charge in [0.25, 0.3) is 0 Å². The van der Waals surface area contributed by atoms with Gasteiger partial charge < -0.3 is 16.0 Å². The summed E-state index contributed by atoms with van der Waals surface area (Å²) in [7, 11) is 0. The lowest BCUT2D eigenvalue weighted by molar-refractivity contribution is 0.240. The van der Waals surface area contributed by atoms with Crippen molar-refractivity contribution in [3.63, 3.8) is 0 Å². The third kappa shape index (κ3) is 4.25. The molecule has 1 aliphatic carbocycles. The Balaban J connectivity index is 1.45. The second kappa shape index (κ2) is 7.49. The van der Waals surface area contributed by atoms with Crippen molar-refractivity contribution in [3.8, 4) is 11.4 Å². The number of urea groups is 1. The quantitative estimate of drug-likeness (QED) is 0.547. The first kappa shape index (κ1) is 17.1. The number of anilines is 3. The van der Waals surface area contributed by atoms with Gasteiger partial charge in [-0.15, -0.1) is 5.10 Å². The number of nitrogens with zero attached hydrogens (tertiary/aromatic N) is 2. The Labute approximate surface area is 157 Å². The van der Waals surface area contributed by atoms with Crippen LogP contribution in [0.15, 0.2) is 48.5 Å². The molecule has 1 aromatic heterocycles. The molecular formula is C20H22N6O. The number of hydrogen-bond donors (Lipinski definition) is 4. The Morgan fingerprint density at radius 1 is 1.11 bits per heavy atom. The van der Waals surface area contributed by atoms with Crippen LogP contribution in [-0.2, 0) is 0 Å². The number of hydrogen-bond acceptors (Lipinski definition) is 4. The largest absolute Gasteiger partial charge is 0.335 e. The summed E-state index contributed by atoms with van der Waals surface area (Å²) in [5, 5.41) is 16.2. The van der Waals surface area contributed by atoms with E-state index in [1.54, 1.807) is 0 Å². The van der Waals surface area contributed by atoms with Crippen molar-refractivity contribution in [3.05, 3.63) is 54.1 Å². The molecule has 7 heteroatoms. The van der Waals surface area contributed by atoms with E-state index in [9.17, 15) is 4.79 Å². The summed E-state index contributed by atoms with van der Waals surface area (Å²) >= 11 is 0. The molecule has 0 atom stereocenters. The molecule has 138 valence electrons. The van der Waals surface area contributed by atoms with Gasteiger partial charge in [-0.1, -0.05) is 30.3 Å². The minimum atomic E-state index is -0.166. The first-order chi connectivity index (χ1) is 13.2. The number of aromatic amines is 1. The van der Waals surface area contributed by atoms with Crippen LogP contribution in [0, 0.1) is 6.92 Å². The first-order valence-electron chi connectivity index (χ1n) is 9.10. The number of H-pyrrole nitrogens is 1. The van der Waals surface area contributed by atoms with Crippen LogP contribution in [0.3, 0.4) is 0 Å². The van der Waals surface area contributed by atoms with E-state index in [-0.39, 0.29) is 6.03 Å². The minimum Gasteiger partial charge on any atom is -0.335 e. The molecule has 0 saturated heterocycles. The van der Waals surface area contributed by atoms with Crippen molar-refractivity contribution >= 4 is 23.4 Å². The third-order valence-electron chi connectivity index (χ3n) is 4.56. The van der Waals surface area contributed by atoms with Gasteiger partial charge in [0, 0.05) is 23.0 Å². The van der Waals surface area contributed by atoms with E-state index < -0.39 is 0 Å². The SMILES string of the molecule is Cc1cc(NC(=O)NC2CCC2)cc(Nc2n[nH]c(-c3ccccc3)n2)c1. The zero-order valence-corrected chi connectivity index (χ0v) is 15.1. The summed E-state index contributed by atoms with van der Waals surface area (Å²) in [5.74, 6) is 1.17. The van der Waals surface area contributed by atoms with Crippen molar-refractivity contribution in [2.45, 2.75) is 32.2 Å². The standard InChI is InChI=1S/C20H22N6O/c1-13-10-16(12-17(11-13)23-20(27)22-15-8-5-9-15)21-19-24-18(25-26-19)14-6-3-2-4-7-14/h2-4,6-7,10-12,15H,5,8-9H2,1H3,(H2,22,23,27)(H2,21,24,25,26). The number of aryl methyl sites for hydroxylation is 1. The lowest BCUT2D eigenvalue weighted by Gasteiger charge is -2.26. The van der Waals surface area contributed by atoms with Crippen molar-refractivity contribution < 1.29 is 4.79 Å². The Kier molecular flexibility index (Phi) is 4.74. The van der Waals surface area contributed by atoms with E-state index in [0.717, 1.165) is 35.3 Å². The number of rotatable bonds is 5. The molecular weight excluding hydrogens is 340 g/mol. The molecule has 7 nitrogen and oxygen atoms in total. The number of amides is 2. The molecule has 0 bridgehead atoms. The fraction of sp³-hybridized carbons (Fsp3) is 0.250. The van der Waals surface area contributed by atoms with Crippen LogP contribution in [0.25, 0.3) is 11.4 Å². The molecule has 4 rings (SSSR count). The highest BCUT2D eigenvalue weighted by Crippen LogP contribution is 2.23. The van der Waals surface area contributed by atoms with Crippen LogP contribution in [0.4, 0.5) is 22.1 Å². The highest BCUT2D eigenvalue weighted by atomic mass is 16.2. The topological polar surface area (TPSA) is 94.7 Å². The fourth-order valence-corrected chi connectivity index (χ4v) is 3.00. The van der Waals surface area contributed by atoms with E-state index in [1.165, 1.54) is 6.42 Å². The molecule has 2 amide bonds. The van der Waals surface area contributed by atoms with Gasteiger partial charge in [-0.2, -0.15) is 4.98 Å². The van der Waals surface area contributed by atoms with Gasteiger partial charge >= 0.3 is 6.03 Å². The van der Waals surface area contributed by atoms with E-state index in [4.69, 9.17) is 0 Å². The van der Waals surface area contributed by atoms with Crippen molar-refractivity contribution in [2.75, 3.05) is 10.6 Å². The maximum atomic E-state index is 12.1. The highest BCUT2D eigenvalue weighted by Gasteiger charge is 2.19. The second-order valence-electron chi connectivity index (χ2n) is 6.81. The monoisotopic (exact) mass is 362 g/mol. The summed E-state index contributed by atoms with van der Waals surface area (Å²) in [6.45, 7) is 1.98. The third-order valence-corrected chi connectivity index (χ3v) is 4.56. The lowest BCUT2D eigenvalue weighted by atomic mass is 9.93. The van der Waals surface area contributed by atoms with Gasteiger partial charge in [-0.25, -0.2) is 4.79 Å². The van der Waals surface area contributed by atoms with Crippen molar-refractivity contribution in [1.29, 1.82) is 0 Å². The summed E-state index contributed by atoms with van der Waals surface area (Å²) in [6, 6.07) is 15.7. The fourth-order valence-electron chi connectivity index (χ4n) is 3.00. The number of aromatic nitrogens is 3. The van der Waals surface area contributed by atoms with Crippen LogP contribution >= 0.6 is 0 Å². The molecule has 4 N–H and O–H groups in total. The van der Waals surface area contributed by atoms with E-state index >= 15 is 0 Å². The zero-order chi connectivity index (χ0) is 18.6. The highest BCUT2D eigenvalue weighted by molar-refractivity contribution is 5.90. The predicted octanol–water partition coefficient (Wildman–Crippen LogP) is 4.20. The number of benzene rings is 2. The Morgan fingerprint density at radius 2 is 1.89 bits per heavy atom. The first-order valence-corrected chi connectivity index (χ1v) is 9.10. The van der Waals surface area contributed by atoms with Gasteiger partial charge in [0.1, 0.15) is 0 Å². The van der Waals surface area contributed by atoms with Crippen LogP contribution in [0.2, 0.25) is 0 Å². The van der Waals surface area contributed by atoms with Crippen molar-refractivity contribution in [2.24, 2.45) is 0 Å². The maximum absolute atomic E-state index is 12.1. The molecule has 1 heterocycles. The van der Waals surface area contributed by atoms with Gasteiger partial charge in [0.2, 0.25) is 5.95 Å². The summed E-state index contributed by atoms with van der Waals surface area (Å²) in [6.07, 6.45) is 3.30. The number of nitrogens with one attached hydrogen (secondary N) is 4. The molecule has 27 heavy (non-hydrogen) atoms. The smallest absolute Gasteiger partial charge is 0.319 e. The molecule has 1 saturated carbocycles. The molecule has 2 aromatic carbocycles.